The molecule has 0 saturated carbocycles. The van der Waals surface area contributed by atoms with Gasteiger partial charge in [-0.05, 0) is 50.8 Å². The number of nitrogens with zero attached hydrogens (tertiary/aromatic N) is 2. The van der Waals surface area contributed by atoms with Crippen molar-refractivity contribution in [3.8, 4) is 0 Å². The summed E-state index contributed by atoms with van der Waals surface area (Å²) in [6.45, 7) is 5.95. The van der Waals surface area contributed by atoms with E-state index in [9.17, 15) is 13.2 Å². The number of anilines is 1. The number of amides is 1. The van der Waals surface area contributed by atoms with E-state index in [-0.39, 0.29) is 17.7 Å². The second kappa shape index (κ2) is 10.5. The van der Waals surface area contributed by atoms with E-state index < -0.39 is 9.84 Å². The van der Waals surface area contributed by atoms with Gasteiger partial charge in [0.1, 0.15) is 9.84 Å². The van der Waals surface area contributed by atoms with Crippen molar-refractivity contribution in [2.24, 2.45) is 4.99 Å². The number of hydrogen-bond donors (Lipinski definition) is 2. The van der Waals surface area contributed by atoms with Crippen LogP contribution in [0, 0.1) is 0 Å². The molecule has 1 heterocycles. The summed E-state index contributed by atoms with van der Waals surface area (Å²) >= 11 is 0. The summed E-state index contributed by atoms with van der Waals surface area (Å²) < 4.78 is 22.6. The fourth-order valence-corrected chi connectivity index (χ4v) is 3.83. The lowest BCUT2D eigenvalue weighted by atomic mass is 10.1. The summed E-state index contributed by atoms with van der Waals surface area (Å²) in [5, 5.41) is 6.44. The van der Waals surface area contributed by atoms with Crippen LogP contribution in [0.1, 0.15) is 45.1 Å². The summed E-state index contributed by atoms with van der Waals surface area (Å²) in [7, 11) is -2.97. The quantitative estimate of drug-likeness (QED) is 0.508. The highest BCUT2D eigenvalue weighted by molar-refractivity contribution is 7.90. The molecule has 1 aliphatic rings. The fraction of sp³-hybridized carbons (Fsp3) is 0.600. The van der Waals surface area contributed by atoms with E-state index >= 15 is 0 Å². The molecule has 1 aromatic rings. The van der Waals surface area contributed by atoms with Crippen LogP contribution >= 0.6 is 0 Å². The Balaban J connectivity index is 1.95. The standard InChI is InChI=1S/C20H32N4O3S/c1-4-21-20(23-16(2)12-14-28(3,26)27)22-15-17-8-10-18(11-9-17)24-13-6-5-7-19(24)25/h8-11,16H,4-7,12-15H2,1-3H3,(H2,21,22,23). The number of hydrogen-bond acceptors (Lipinski definition) is 4. The molecule has 0 bridgehead atoms. The molecule has 28 heavy (non-hydrogen) atoms. The van der Waals surface area contributed by atoms with Crippen LogP contribution in [0.3, 0.4) is 0 Å². The number of aliphatic imine (C=N–C) groups is 1. The molecule has 0 aliphatic carbocycles. The van der Waals surface area contributed by atoms with E-state index in [0.29, 0.717) is 25.3 Å². The number of piperidine rings is 1. The Labute approximate surface area is 168 Å². The highest BCUT2D eigenvalue weighted by Gasteiger charge is 2.19. The van der Waals surface area contributed by atoms with Crippen LogP contribution in [-0.2, 0) is 21.2 Å². The Hall–Kier alpha value is -2.09. The van der Waals surface area contributed by atoms with Crippen molar-refractivity contribution in [3.05, 3.63) is 29.8 Å². The molecular formula is C20H32N4O3S. The summed E-state index contributed by atoms with van der Waals surface area (Å²) in [5.74, 6) is 1.01. The predicted molar refractivity (Wildman–Crippen MR) is 114 cm³/mol. The third kappa shape index (κ3) is 7.50. The monoisotopic (exact) mass is 408 g/mol. The number of carbonyl (C=O) groups excluding carboxylic acids is 1. The van der Waals surface area contributed by atoms with Gasteiger partial charge in [-0.25, -0.2) is 13.4 Å². The SMILES string of the molecule is CCNC(=NCc1ccc(N2CCCCC2=O)cc1)NC(C)CCS(C)(=O)=O. The zero-order valence-electron chi connectivity index (χ0n) is 17.1. The van der Waals surface area contributed by atoms with E-state index in [1.54, 1.807) is 0 Å². The highest BCUT2D eigenvalue weighted by Crippen LogP contribution is 2.21. The molecule has 1 aromatic carbocycles. The molecule has 1 aliphatic heterocycles. The first-order valence-electron chi connectivity index (χ1n) is 9.90. The van der Waals surface area contributed by atoms with Gasteiger partial charge >= 0.3 is 0 Å². The molecule has 0 spiro atoms. The van der Waals surface area contributed by atoms with Crippen LogP contribution in [-0.4, -0.2) is 51.4 Å². The van der Waals surface area contributed by atoms with Gasteiger partial charge in [0.25, 0.3) is 0 Å². The molecule has 1 amide bonds. The second-order valence-corrected chi connectivity index (χ2v) is 9.59. The summed E-state index contributed by atoms with van der Waals surface area (Å²) in [6, 6.07) is 7.95. The topological polar surface area (TPSA) is 90.9 Å². The van der Waals surface area contributed by atoms with E-state index in [2.05, 4.69) is 15.6 Å². The molecule has 2 N–H and O–H groups in total. The molecule has 8 heteroatoms. The zero-order chi connectivity index (χ0) is 20.6. The molecule has 1 unspecified atom stereocenters. The molecule has 156 valence electrons. The van der Waals surface area contributed by atoms with Gasteiger partial charge in [0.15, 0.2) is 5.96 Å². The molecule has 0 radical (unpaired) electrons. The largest absolute Gasteiger partial charge is 0.357 e. The zero-order valence-corrected chi connectivity index (χ0v) is 17.9. The number of guanidine groups is 1. The van der Waals surface area contributed by atoms with Gasteiger partial charge in [0, 0.05) is 37.5 Å². The number of sulfone groups is 1. The van der Waals surface area contributed by atoms with Crippen LogP contribution in [0.25, 0.3) is 0 Å². The summed E-state index contributed by atoms with van der Waals surface area (Å²) in [5.41, 5.74) is 1.99. The Morgan fingerprint density at radius 2 is 1.96 bits per heavy atom. The Morgan fingerprint density at radius 1 is 1.25 bits per heavy atom. The molecule has 1 atom stereocenters. The average Bonchev–Trinajstić information content (AvgIpc) is 2.65. The third-order valence-corrected chi connectivity index (χ3v) is 5.62. The fourth-order valence-electron chi connectivity index (χ4n) is 3.05. The predicted octanol–water partition coefficient (Wildman–Crippen LogP) is 2.08. The minimum absolute atomic E-state index is 0.0000138. The van der Waals surface area contributed by atoms with Crippen molar-refractivity contribution < 1.29 is 13.2 Å². The third-order valence-electron chi connectivity index (χ3n) is 4.64. The van der Waals surface area contributed by atoms with Crippen LogP contribution in [0.2, 0.25) is 0 Å². The molecule has 1 fully saturated rings. The lowest BCUT2D eigenvalue weighted by Gasteiger charge is -2.26. The van der Waals surface area contributed by atoms with Gasteiger partial charge in [-0.3, -0.25) is 4.79 Å². The number of benzene rings is 1. The van der Waals surface area contributed by atoms with Gasteiger partial charge in [-0.15, -0.1) is 0 Å². The van der Waals surface area contributed by atoms with Crippen molar-refractivity contribution in [1.29, 1.82) is 0 Å². The normalized spacial score (nSPS) is 16.8. The van der Waals surface area contributed by atoms with Crippen LogP contribution in [0.15, 0.2) is 29.3 Å². The molecule has 1 saturated heterocycles. The molecular weight excluding hydrogens is 376 g/mol. The van der Waals surface area contributed by atoms with Gasteiger partial charge < -0.3 is 15.5 Å². The summed E-state index contributed by atoms with van der Waals surface area (Å²) in [4.78, 5) is 18.5. The maximum atomic E-state index is 12.0. The molecule has 2 rings (SSSR count). The first-order chi connectivity index (χ1) is 13.3. The first kappa shape index (κ1) is 22.2. The van der Waals surface area contributed by atoms with Crippen LogP contribution in [0.5, 0.6) is 0 Å². The van der Waals surface area contributed by atoms with Crippen LogP contribution in [0.4, 0.5) is 5.69 Å². The van der Waals surface area contributed by atoms with Crippen molar-refractivity contribution >= 4 is 27.4 Å². The maximum Gasteiger partial charge on any atom is 0.226 e. The van der Waals surface area contributed by atoms with Crippen molar-refractivity contribution in [2.75, 3.05) is 30.0 Å². The summed E-state index contributed by atoms with van der Waals surface area (Å²) in [6.07, 6.45) is 4.43. The minimum Gasteiger partial charge on any atom is -0.357 e. The van der Waals surface area contributed by atoms with Gasteiger partial charge in [0.05, 0.1) is 12.3 Å². The Bertz CT molecular complexity index is 775. The molecule has 7 nitrogen and oxygen atoms in total. The van der Waals surface area contributed by atoms with Crippen molar-refractivity contribution in [2.45, 2.75) is 52.1 Å². The molecule has 0 aromatic heterocycles. The Morgan fingerprint density at radius 3 is 2.57 bits per heavy atom. The van der Waals surface area contributed by atoms with E-state index in [1.165, 1.54) is 6.26 Å². The van der Waals surface area contributed by atoms with E-state index in [4.69, 9.17) is 0 Å². The smallest absolute Gasteiger partial charge is 0.226 e. The number of rotatable bonds is 8. The lowest BCUT2D eigenvalue weighted by Crippen LogP contribution is -2.42. The van der Waals surface area contributed by atoms with E-state index in [0.717, 1.165) is 37.2 Å². The van der Waals surface area contributed by atoms with Gasteiger partial charge in [-0.1, -0.05) is 12.1 Å². The second-order valence-electron chi connectivity index (χ2n) is 7.33. The van der Waals surface area contributed by atoms with Crippen molar-refractivity contribution in [3.63, 3.8) is 0 Å². The average molecular weight is 409 g/mol. The number of nitrogens with one attached hydrogen (secondary N) is 2. The lowest BCUT2D eigenvalue weighted by molar-refractivity contribution is -0.119. The first-order valence-corrected chi connectivity index (χ1v) is 12.0. The van der Waals surface area contributed by atoms with Crippen molar-refractivity contribution in [1.82, 2.24) is 10.6 Å². The van der Waals surface area contributed by atoms with Gasteiger partial charge in [0.2, 0.25) is 5.91 Å². The minimum atomic E-state index is -2.97. The highest BCUT2D eigenvalue weighted by atomic mass is 32.2. The Kier molecular flexibility index (Phi) is 8.29. The van der Waals surface area contributed by atoms with Gasteiger partial charge in [-0.2, -0.15) is 0 Å². The maximum absolute atomic E-state index is 12.0. The van der Waals surface area contributed by atoms with E-state index in [1.807, 2.05) is 43.0 Å². The number of carbonyl (C=O) groups is 1. The van der Waals surface area contributed by atoms with Crippen LogP contribution < -0.4 is 15.5 Å².